The van der Waals surface area contributed by atoms with Crippen molar-refractivity contribution in [1.29, 1.82) is 0 Å². The molecular formula is C48H80NO10P. The van der Waals surface area contributed by atoms with Crippen LogP contribution in [0.4, 0.5) is 0 Å². The lowest BCUT2D eigenvalue weighted by Gasteiger charge is -2.20. The Morgan fingerprint density at radius 3 is 1.40 bits per heavy atom. The van der Waals surface area contributed by atoms with E-state index in [0.29, 0.717) is 19.3 Å². The molecule has 0 fully saturated rings. The van der Waals surface area contributed by atoms with Crippen molar-refractivity contribution < 1.29 is 47.5 Å². The number of ether oxygens (including phenoxy) is 2. The van der Waals surface area contributed by atoms with E-state index in [1.54, 1.807) is 0 Å². The molecule has 0 aromatic rings. The molecule has 11 nitrogen and oxygen atoms in total. The summed E-state index contributed by atoms with van der Waals surface area (Å²) >= 11 is 0. The number of phosphoric acid groups is 1. The van der Waals surface area contributed by atoms with Crippen LogP contribution in [0.3, 0.4) is 0 Å². The molecule has 0 aliphatic carbocycles. The average molecular weight is 862 g/mol. The minimum atomic E-state index is -4.74. The van der Waals surface area contributed by atoms with Crippen LogP contribution < -0.4 is 5.73 Å². The highest BCUT2D eigenvalue weighted by atomic mass is 31.2. The van der Waals surface area contributed by atoms with Crippen LogP contribution >= 0.6 is 7.82 Å². The molecule has 0 radical (unpaired) electrons. The number of unbranched alkanes of at least 4 members (excludes halogenated alkanes) is 13. The smallest absolute Gasteiger partial charge is 0.472 e. The molecule has 4 N–H and O–H groups in total. The van der Waals surface area contributed by atoms with Crippen LogP contribution in [0.2, 0.25) is 0 Å². The molecule has 12 heteroatoms. The molecule has 3 atom stereocenters. The number of allylic oxidation sites excluding steroid dienone is 14. The second kappa shape index (κ2) is 42.4. The van der Waals surface area contributed by atoms with Crippen LogP contribution in [0.1, 0.15) is 168 Å². The van der Waals surface area contributed by atoms with E-state index in [0.717, 1.165) is 57.8 Å². The first kappa shape index (κ1) is 56.7. The van der Waals surface area contributed by atoms with Gasteiger partial charge in [-0.05, 0) is 89.9 Å². The molecule has 0 amide bonds. The lowest BCUT2D eigenvalue weighted by Crippen LogP contribution is -2.34. The lowest BCUT2D eigenvalue weighted by atomic mass is 10.1. The molecule has 0 heterocycles. The van der Waals surface area contributed by atoms with E-state index in [2.05, 4.69) is 97.4 Å². The van der Waals surface area contributed by atoms with E-state index >= 15 is 0 Å². The molecule has 0 aromatic carbocycles. The van der Waals surface area contributed by atoms with Crippen molar-refractivity contribution in [1.82, 2.24) is 0 Å². The first-order valence-corrected chi connectivity index (χ1v) is 24.1. The summed E-state index contributed by atoms with van der Waals surface area (Å²) in [6.07, 6.45) is 52.2. The van der Waals surface area contributed by atoms with E-state index in [-0.39, 0.29) is 19.4 Å². The highest BCUT2D eigenvalue weighted by Crippen LogP contribution is 2.43. The maximum Gasteiger partial charge on any atom is 0.472 e. The Morgan fingerprint density at radius 1 is 0.517 bits per heavy atom. The second-order valence-electron chi connectivity index (χ2n) is 14.8. The Labute approximate surface area is 362 Å². The molecule has 0 aliphatic heterocycles. The van der Waals surface area contributed by atoms with Crippen LogP contribution in [-0.2, 0) is 37.5 Å². The van der Waals surface area contributed by atoms with Crippen molar-refractivity contribution in [3.05, 3.63) is 85.1 Å². The van der Waals surface area contributed by atoms with Crippen molar-refractivity contribution in [3.63, 3.8) is 0 Å². The first-order valence-electron chi connectivity index (χ1n) is 22.6. The molecule has 342 valence electrons. The number of carbonyl (C=O) groups excluding carboxylic acids is 2. The molecule has 0 saturated carbocycles. The Balaban J connectivity index is 4.51. The number of carbonyl (C=O) groups is 3. The summed E-state index contributed by atoms with van der Waals surface area (Å²) in [6.45, 7) is 2.67. The zero-order chi connectivity index (χ0) is 44.2. The van der Waals surface area contributed by atoms with Crippen molar-refractivity contribution in [3.8, 4) is 0 Å². The first-order chi connectivity index (χ1) is 29.1. The summed E-state index contributed by atoms with van der Waals surface area (Å²) in [4.78, 5) is 46.0. The van der Waals surface area contributed by atoms with Crippen molar-refractivity contribution in [2.75, 3.05) is 19.8 Å². The third-order valence-corrected chi connectivity index (χ3v) is 10.1. The fourth-order valence-corrected chi connectivity index (χ4v) is 6.31. The van der Waals surface area contributed by atoms with Crippen LogP contribution in [0.5, 0.6) is 0 Å². The predicted molar refractivity (Wildman–Crippen MR) is 244 cm³/mol. The molecule has 0 rings (SSSR count). The zero-order valence-electron chi connectivity index (χ0n) is 37.0. The SMILES string of the molecule is CCCCC/C=C/C/C=C/C/C=C/C/C=C/CCCCCC(=O)O[C@H](COC(=O)CCC/C=C/C/C=C/C/C=C/CCCCCCCC)COP(=O)(O)OC[C@H](N)C(=O)O. The van der Waals surface area contributed by atoms with Gasteiger partial charge in [-0.15, -0.1) is 0 Å². The second-order valence-corrected chi connectivity index (χ2v) is 16.3. The number of esters is 2. The van der Waals surface area contributed by atoms with Crippen molar-refractivity contribution in [2.24, 2.45) is 5.73 Å². The van der Waals surface area contributed by atoms with Gasteiger partial charge < -0.3 is 25.2 Å². The number of carboxylic acid groups (broad SMARTS) is 1. The number of phosphoric ester groups is 1. The van der Waals surface area contributed by atoms with Gasteiger partial charge in [-0.1, -0.05) is 150 Å². The minimum Gasteiger partial charge on any atom is -0.480 e. The molecule has 0 aliphatic rings. The van der Waals surface area contributed by atoms with Gasteiger partial charge in [-0.25, -0.2) is 4.57 Å². The number of hydrogen-bond acceptors (Lipinski definition) is 9. The average Bonchev–Trinajstić information content (AvgIpc) is 3.22. The normalized spacial score (nSPS) is 14.5. The summed E-state index contributed by atoms with van der Waals surface area (Å²) in [5.41, 5.74) is 5.33. The van der Waals surface area contributed by atoms with Crippen molar-refractivity contribution in [2.45, 2.75) is 180 Å². The van der Waals surface area contributed by atoms with Crippen LogP contribution in [0, 0.1) is 0 Å². The van der Waals surface area contributed by atoms with E-state index in [9.17, 15) is 23.8 Å². The zero-order valence-corrected chi connectivity index (χ0v) is 37.9. The molecule has 1 unspecified atom stereocenters. The molecular weight excluding hydrogens is 781 g/mol. The Morgan fingerprint density at radius 2 is 0.900 bits per heavy atom. The number of hydrogen-bond donors (Lipinski definition) is 3. The van der Waals surface area contributed by atoms with Crippen LogP contribution in [0.25, 0.3) is 0 Å². The minimum absolute atomic E-state index is 0.108. The highest BCUT2D eigenvalue weighted by molar-refractivity contribution is 7.47. The largest absolute Gasteiger partial charge is 0.480 e. The van der Waals surface area contributed by atoms with E-state index in [1.165, 1.54) is 64.2 Å². The topological polar surface area (TPSA) is 172 Å². The lowest BCUT2D eigenvalue weighted by molar-refractivity contribution is -0.161. The monoisotopic (exact) mass is 862 g/mol. The summed E-state index contributed by atoms with van der Waals surface area (Å²) < 4.78 is 32.6. The van der Waals surface area contributed by atoms with E-state index in [1.807, 2.05) is 6.08 Å². The van der Waals surface area contributed by atoms with Crippen LogP contribution in [-0.4, -0.2) is 59.9 Å². The molecule has 60 heavy (non-hydrogen) atoms. The van der Waals surface area contributed by atoms with Gasteiger partial charge >= 0.3 is 25.7 Å². The number of nitrogens with two attached hydrogens (primary N) is 1. The van der Waals surface area contributed by atoms with Gasteiger partial charge in [0, 0.05) is 12.8 Å². The summed E-state index contributed by atoms with van der Waals surface area (Å²) in [5.74, 6) is -2.50. The van der Waals surface area contributed by atoms with Gasteiger partial charge in [0.1, 0.15) is 12.6 Å². The molecule has 0 aromatic heterocycles. The van der Waals surface area contributed by atoms with Gasteiger partial charge in [-0.3, -0.25) is 23.4 Å². The molecule has 0 bridgehead atoms. The number of carboxylic acids is 1. The van der Waals surface area contributed by atoms with E-state index < -0.39 is 51.1 Å². The highest BCUT2D eigenvalue weighted by Gasteiger charge is 2.28. The number of aliphatic carboxylic acids is 1. The van der Waals surface area contributed by atoms with Crippen molar-refractivity contribution >= 4 is 25.7 Å². The Hall–Kier alpha value is -3.34. The fourth-order valence-electron chi connectivity index (χ4n) is 5.53. The van der Waals surface area contributed by atoms with Gasteiger partial charge in [0.2, 0.25) is 0 Å². The van der Waals surface area contributed by atoms with Gasteiger partial charge in [0.25, 0.3) is 0 Å². The summed E-state index contributed by atoms with van der Waals surface area (Å²) in [7, 11) is -4.74. The maximum absolute atomic E-state index is 12.6. The van der Waals surface area contributed by atoms with Gasteiger partial charge in [-0.2, -0.15) is 0 Å². The third-order valence-electron chi connectivity index (χ3n) is 9.12. The summed E-state index contributed by atoms with van der Waals surface area (Å²) in [5, 5.41) is 8.89. The van der Waals surface area contributed by atoms with Gasteiger partial charge in [0.15, 0.2) is 6.10 Å². The Kier molecular flexibility index (Phi) is 40.0. The third kappa shape index (κ3) is 41.4. The van der Waals surface area contributed by atoms with E-state index in [4.69, 9.17) is 24.8 Å². The Bertz CT molecular complexity index is 1340. The maximum atomic E-state index is 12.6. The molecule has 0 spiro atoms. The quantitative estimate of drug-likeness (QED) is 0.0231. The fraction of sp³-hybridized carbons (Fsp3) is 0.646. The molecule has 0 saturated heterocycles. The van der Waals surface area contributed by atoms with Gasteiger partial charge in [0.05, 0.1) is 13.2 Å². The standard InChI is InChI=1S/C48H80NO10P/c1-3-5-7-9-11-13-15-17-19-21-22-24-26-28-30-32-34-36-38-40-47(51)59-44(42-57-60(54,55)58-43-45(49)48(52)53)41-56-46(50)39-37-35-33-31-29-27-25-23-20-18-16-14-12-10-8-6-4-2/h11,13,17-20,22,24-25,27-28,30-31,33,44-45H,3-10,12,14-16,21,23,26,29,32,34-43,49H2,1-2H3,(H,52,53)(H,54,55)/b13-11+,19-17+,20-18+,24-22+,27-25+,30-28+,33-31+/t44-,45+/m1/s1. The summed E-state index contributed by atoms with van der Waals surface area (Å²) in [6, 6.07) is -1.54. The van der Waals surface area contributed by atoms with Crippen LogP contribution in [0.15, 0.2) is 85.1 Å². The number of rotatable bonds is 41. The predicted octanol–water partition coefficient (Wildman–Crippen LogP) is 12.3.